The lowest BCUT2D eigenvalue weighted by Crippen LogP contribution is -2.29. The summed E-state index contributed by atoms with van der Waals surface area (Å²) in [6, 6.07) is 7.46. The molecular weight excluding hydrogens is 288 g/mol. The summed E-state index contributed by atoms with van der Waals surface area (Å²) in [6.07, 6.45) is 3.18. The summed E-state index contributed by atoms with van der Waals surface area (Å²) in [5.41, 5.74) is 1.69. The summed E-state index contributed by atoms with van der Waals surface area (Å²) in [4.78, 5) is 10.9. The number of hydrogen-bond donors (Lipinski definition) is 3. The number of aliphatic hydroxyl groups is 1. The number of aliphatic hydroxyl groups excluding tert-OH is 1. The maximum atomic E-state index is 10.9. The van der Waals surface area contributed by atoms with E-state index in [-0.39, 0.29) is 12.6 Å². The van der Waals surface area contributed by atoms with Crippen molar-refractivity contribution in [2.75, 3.05) is 19.0 Å². The SMILES string of the molecule is COC(=O)CCCCCNC(=S)Nc1cccc(CO)c1. The van der Waals surface area contributed by atoms with Crippen molar-refractivity contribution in [1.82, 2.24) is 5.32 Å². The number of ether oxygens (including phenoxy) is 1. The predicted octanol–water partition coefficient (Wildman–Crippen LogP) is 2.20. The molecule has 1 aromatic carbocycles. The zero-order valence-corrected chi connectivity index (χ0v) is 13.0. The van der Waals surface area contributed by atoms with E-state index >= 15 is 0 Å². The van der Waals surface area contributed by atoms with E-state index in [1.807, 2.05) is 24.3 Å². The van der Waals surface area contributed by atoms with Gasteiger partial charge in [0, 0.05) is 18.7 Å². The van der Waals surface area contributed by atoms with E-state index in [9.17, 15) is 4.79 Å². The first-order valence-electron chi connectivity index (χ1n) is 6.97. The number of rotatable bonds is 8. The normalized spacial score (nSPS) is 10.0. The Hall–Kier alpha value is -1.66. The Morgan fingerprint density at radius 3 is 2.86 bits per heavy atom. The minimum absolute atomic E-state index is 0.00983. The first kappa shape index (κ1) is 17.4. The molecule has 21 heavy (non-hydrogen) atoms. The average molecular weight is 310 g/mol. The van der Waals surface area contributed by atoms with Crippen LogP contribution in [0.3, 0.4) is 0 Å². The van der Waals surface area contributed by atoms with Crippen molar-refractivity contribution >= 4 is 29.0 Å². The van der Waals surface area contributed by atoms with Crippen LogP contribution >= 0.6 is 12.2 Å². The van der Waals surface area contributed by atoms with E-state index in [2.05, 4.69) is 15.4 Å². The monoisotopic (exact) mass is 310 g/mol. The van der Waals surface area contributed by atoms with Gasteiger partial charge in [0.15, 0.2) is 5.11 Å². The maximum absolute atomic E-state index is 10.9. The zero-order valence-electron chi connectivity index (χ0n) is 12.2. The lowest BCUT2D eigenvalue weighted by atomic mass is 10.2. The molecule has 0 spiro atoms. The summed E-state index contributed by atoms with van der Waals surface area (Å²) in [6.45, 7) is 0.766. The summed E-state index contributed by atoms with van der Waals surface area (Å²) in [5.74, 6) is -0.163. The van der Waals surface area contributed by atoms with Gasteiger partial charge in [-0.05, 0) is 42.8 Å². The van der Waals surface area contributed by atoms with Gasteiger partial charge in [-0.2, -0.15) is 0 Å². The van der Waals surface area contributed by atoms with Crippen molar-refractivity contribution in [2.24, 2.45) is 0 Å². The molecule has 0 amide bonds. The van der Waals surface area contributed by atoms with Crippen molar-refractivity contribution in [3.63, 3.8) is 0 Å². The molecule has 0 aliphatic heterocycles. The molecule has 1 aromatic rings. The van der Waals surface area contributed by atoms with E-state index in [1.165, 1.54) is 7.11 Å². The molecule has 3 N–H and O–H groups in total. The fraction of sp³-hybridized carbons (Fsp3) is 0.467. The van der Waals surface area contributed by atoms with Gasteiger partial charge in [0.25, 0.3) is 0 Å². The van der Waals surface area contributed by atoms with E-state index in [0.717, 1.165) is 37.1 Å². The standard InChI is InChI=1S/C15H22N2O3S/c1-20-14(19)8-3-2-4-9-16-15(21)17-13-7-5-6-12(10-13)11-18/h5-7,10,18H,2-4,8-9,11H2,1H3,(H2,16,17,21). The number of anilines is 1. The van der Waals surface area contributed by atoms with Gasteiger partial charge in [-0.1, -0.05) is 18.6 Å². The molecule has 0 atom stereocenters. The van der Waals surface area contributed by atoms with E-state index < -0.39 is 0 Å². The molecular formula is C15H22N2O3S. The number of unbranched alkanes of at least 4 members (excludes halogenated alkanes) is 2. The van der Waals surface area contributed by atoms with Crippen LogP contribution in [0.1, 0.15) is 31.2 Å². The fourth-order valence-corrected chi connectivity index (χ4v) is 2.02. The van der Waals surface area contributed by atoms with Gasteiger partial charge < -0.3 is 20.5 Å². The molecule has 0 aromatic heterocycles. The summed E-state index contributed by atoms with van der Waals surface area (Å²) >= 11 is 5.20. The molecule has 6 heteroatoms. The zero-order chi connectivity index (χ0) is 15.5. The highest BCUT2D eigenvalue weighted by Gasteiger charge is 2.00. The number of carbonyl (C=O) groups excluding carboxylic acids is 1. The summed E-state index contributed by atoms with van der Waals surface area (Å²) in [5, 5.41) is 15.8. The van der Waals surface area contributed by atoms with Crippen molar-refractivity contribution in [2.45, 2.75) is 32.3 Å². The molecule has 0 aliphatic rings. The quantitative estimate of drug-likeness (QED) is 0.388. The van der Waals surface area contributed by atoms with Crippen LogP contribution in [0.25, 0.3) is 0 Å². The lowest BCUT2D eigenvalue weighted by molar-refractivity contribution is -0.140. The van der Waals surface area contributed by atoms with E-state index in [4.69, 9.17) is 17.3 Å². The Kier molecular flexibility index (Phi) is 8.38. The van der Waals surface area contributed by atoms with Gasteiger partial charge >= 0.3 is 5.97 Å². The molecule has 0 aliphatic carbocycles. The van der Waals surface area contributed by atoms with Gasteiger partial charge in [0.1, 0.15) is 0 Å². The highest BCUT2D eigenvalue weighted by Crippen LogP contribution is 2.10. The molecule has 5 nitrogen and oxygen atoms in total. The molecule has 0 unspecified atom stereocenters. The van der Waals surface area contributed by atoms with Crippen LogP contribution < -0.4 is 10.6 Å². The minimum atomic E-state index is -0.163. The molecule has 0 saturated carbocycles. The van der Waals surface area contributed by atoms with Crippen LogP contribution in [0, 0.1) is 0 Å². The summed E-state index contributed by atoms with van der Waals surface area (Å²) < 4.78 is 4.58. The third kappa shape index (κ3) is 7.63. The maximum Gasteiger partial charge on any atom is 0.305 e. The highest BCUT2D eigenvalue weighted by atomic mass is 32.1. The van der Waals surface area contributed by atoms with Crippen molar-refractivity contribution < 1.29 is 14.6 Å². The first-order valence-corrected chi connectivity index (χ1v) is 7.38. The number of esters is 1. The van der Waals surface area contributed by atoms with Crippen LogP contribution in [0.4, 0.5) is 5.69 Å². The third-order valence-corrected chi connectivity index (χ3v) is 3.18. The van der Waals surface area contributed by atoms with Crippen LogP contribution in [0.5, 0.6) is 0 Å². The molecule has 0 heterocycles. The Morgan fingerprint density at radius 1 is 1.33 bits per heavy atom. The van der Waals surface area contributed by atoms with E-state index in [1.54, 1.807) is 0 Å². The Balaban J connectivity index is 2.15. The van der Waals surface area contributed by atoms with E-state index in [0.29, 0.717) is 11.5 Å². The molecule has 0 saturated heterocycles. The lowest BCUT2D eigenvalue weighted by Gasteiger charge is -2.11. The summed E-state index contributed by atoms with van der Waals surface area (Å²) in [7, 11) is 1.40. The van der Waals surface area contributed by atoms with Crippen LogP contribution in [0.2, 0.25) is 0 Å². The molecule has 0 radical (unpaired) electrons. The molecule has 116 valence electrons. The predicted molar refractivity (Wildman–Crippen MR) is 87.1 cm³/mol. The molecule has 1 rings (SSSR count). The number of methoxy groups -OCH3 is 1. The molecule has 0 fully saturated rings. The van der Waals surface area contributed by atoms with Crippen molar-refractivity contribution in [3.8, 4) is 0 Å². The Labute approximate surface area is 130 Å². The fourth-order valence-electron chi connectivity index (χ4n) is 1.80. The van der Waals surface area contributed by atoms with Gasteiger partial charge in [0.05, 0.1) is 13.7 Å². The second-order valence-electron chi connectivity index (χ2n) is 4.63. The number of carbonyl (C=O) groups is 1. The molecule has 0 bridgehead atoms. The largest absolute Gasteiger partial charge is 0.469 e. The second-order valence-corrected chi connectivity index (χ2v) is 5.03. The second kappa shape index (κ2) is 10.1. The number of thiocarbonyl (C=S) groups is 1. The van der Waals surface area contributed by atoms with Crippen molar-refractivity contribution in [1.29, 1.82) is 0 Å². The van der Waals surface area contributed by atoms with Gasteiger partial charge in [-0.15, -0.1) is 0 Å². The number of benzene rings is 1. The van der Waals surface area contributed by atoms with Gasteiger partial charge in [0.2, 0.25) is 0 Å². The van der Waals surface area contributed by atoms with Gasteiger partial charge in [-0.3, -0.25) is 4.79 Å². The average Bonchev–Trinajstić information content (AvgIpc) is 2.50. The Bertz CT molecular complexity index is 466. The van der Waals surface area contributed by atoms with Crippen LogP contribution in [-0.4, -0.2) is 29.8 Å². The van der Waals surface area contributed by atoms with Crippen LogP contribution in [0.15, 0.2) is 24.3 Å². The Morgan fingerprint density at radius 2 is 2.14 bits per heavy atom. The minimum Gasteiger partial charge on any atom is -0.469 e. The number of nitrogens with one attached hydrogen (secondary N) is 2. The highest BCUT2D eigenvalue weighted by molar-refractivity contribution is 7.80. The van der Waals surface area contributed by atoms with Crippen molar-refractivity contribution in [3.05, 3.63) is 29.8 Å². The van der Waals surface area contributed by atoms with Crippen LogP contribution in [-0.2, 0) is 16.1 Å². The third-order valence-electron chi connectivity index (χ3n) is 2.94. The topological polar surface area (TPSA) is 70.6 Å². The number of hydrogen-bond acceptors (Lipinski definition) is 4. The van der Waals surface area contributed by atoms with Gasteiger partial charge in [-0.25, -0.2) is 0 Å². The first-order chi connectivity index (χ1) is 10.2. The smallest absolute Gasteiger partial charge is 0.305 e.